The molecule has 0 aliphatic rings. The first-order valence-corrected chi connectivity index (χ1v) is 8.28. The Kier molecular flexibility index (Phi) is 8.56. The summed E-state index contributed by atoms with van der Waals surface area (Å²) in [5, 5.41) is 5.48. The molecule has 0 atom stereocenters. The topological polar surface area (TPSA) is 79.9 Å². The molecule has 1 aromatic rings. The number of nitrogens with one attached hydrogen (secondary N) is 2. The number of rotatable bonds is 9. The number of hydrogen-bond acceptors (Lipinski definition) is 5. The van der Waals surface area contributed by atoms with Gasteiger partial charge in [0, 0.05) is 20.4 Å². The molecule has 0 saturated heterocycles. The van der Waals surface area contributed by atoms with Gasteiger partial charge in [-0.2, -0.15) is 0 Å². The van der Waals surface area contributed by atoms with E-state index in [1.54, 1.807) is 14.2 Å². The minimum Gasteiger partial charge on any atom is -0.496 e. The second kappa shape index (κ2) is 10.1. The van der Waals surface area contributed by atoms with Gasteiger partial charge in [-0.25, -0.2) is 0 Å². The van der Waals surface area contributed by atoms with Crippen molar-refractivity contribution < 1.29 is 19.1 Å². The Labute approximate surface area is 150 Å². The third-order valence-corrected chi connectivity index (χ3v) is 3.98. The summed E-state index contributed by atoms with van der Waals surface area (Å²) in [7, 11) is 3.22. The Balaban J connectivity index is 2.79. The molecule has 0 bridgehead atoms. The van der Waals surface area contributed by atoms with E-state index in [1.165, 1.54) is 13.8 Å². The third-order valence-electron chi connectivity index (χ3n) is 3.36. The summed E-state index contributed by atoms with van der Waals surface area (Å²) in [6, 6.07) is 3.78. The zero-order valence-electron chi connectivity index (χ0n) is 14.4. The van der Waals surface area contributed by atoms with Crippen LogP contribution in [-0.4, -0.2) is 50.8 Å². The van der Waals surface area contributed by atoms with Crippen molar-refractivity contribution in [2.24, 2.45) is 0 Å². The van der Waals surface area contributed by atoms with E-state index in [4.69, 9.17) is 9.47 Å². The summed E-state index contributed by atoms with van der Waals surface area (Å²) in [5.41, 5.74) is 0.980. The molecule has 0 aliphatic carbocycles. The van der Waals surface area contributed by atoms with Crippen LogP contribution in [0.15, 0.2) is 16.6 Å². The smallest absolute Gasteiger partial charge is 0.217 e. The lowest BCUT2D eigenvalue weighted by atomic mass is 10.1. The maximum Gasteiger partial charge on any atom is 0.217 e. The lowest BCUT2D eigenvalue weighted by molar-refractivity contribution is -0.119. The number of ether oxygens (including phenoxy) is 2. The maximum atomic E-state index is 11.1. The maximum absolute atomic E-state index is 11.1. The largest absolute Gasteiger partial charge is 0.496 e. The quantitative estimate of drug-likeness (QED) is 0.612. The number of amides is 2. The van der Waals surface area contributed by atoms with Crippen LogP contribution in [0.1, 0.15) is 19.4 Å². The molecule has 8 heteroatoms. The lowest BCUT2D eigenvalue weighted by Gasteiger charge is -2.23. The van der Waals surface area contributed by atoms with Gasteiger partial charge in [0.25, 0.3) is 0 Å². The van der Waals surface area contributed by atoms with Crippen molar-refractivity contribution >= 4 is 27.7 Å². The number of benzene rings is 1. The van der Waals surface area contributed by atoms with Crippen LogP contribution in [0, 0.1) is 0 Å². The first kappa shape index (κ1) is 20.2. The molecule has 0 aliphatic heterocycles. The fraction of sp³-hybridized carbons (Fsp3) is 0.500. The van der Waals surface area contributed by atoms with Gasteiger partial charge in [0.2, 0.25) is 11.8 Å². The predicted molar refractivity (Wildman–Crippen MR) is 95.0 cm³/mol. The second-order valence-corrected chi connectivity index (χ2v) is 6.08. The Morgan fingerprint density at radius 1 is 1.04 bits per heavy atom. The van der Waals surface area contributed by atoms with Crippen LogP contribution < -0.4 is 20.1 Å². The van der Waals surface area contributed by atoms with Gasteiger partial charge in [-0.3, -0.25) is 14.5 Å². The number of hydrogen-bond donors (Lipinski definition) is 2. The molecule has 2 N–H and O–H groups in total. The Hall–Kier alpha value is -1.80. The average Bonchev–Trinajstić information content (AvgIpc) is 2.54. The van der Waals surface area contributed by atoms with E-state index in [0.29, 0.717) is 26.3 Å². The van der Waals surface area contributed by atoms with Gasteiger partial charge in [-0.05, 0) is 40.0 Å². The standard InChI is InChI=1S/C16H24BrN3O4/c1-11(21)18-9-20(10-19-12(2)22)6-5-13-7-16(24-4)14(17)8-15(13)23-3/h7-8H,5-6,9-10H2,1-4H3,(H,18,21)(H,19,22). The third kappa shape index (κ3) is 6.76. The molecule has 1 aromatic carbocycles. The fourth-order valence-electron chi connectivity index (χ4n) is 2.06. The van der Waals surface area contributed by atoms with E-state index in [-0.39, 0.29) is 11.8 Å². The molecule has 134 valence electrons. The Morgan fingerprint density at radius 3 is 2.04 bits per heavy atom. The Morgan fingerprint density at radius 2 is 1.58 bits per heavy atom. The van der Waals surface area contributed by atoms with E-state index in [9.17, 15) is 9.59 Å². The van der Waals surface area contributed by atoms with Crippen molar-refractivity contribution in [1.82, 2.24) is 15.5 Å². The molecule has 0 radical (unpaired) electrons. The second-order valence-electron chi connectivity index (χ2n) is 5.23. The van der Waals surface area contributed by atoms with E-state index in [1.807, 2.05) is 17.0 Å². The summed E-state index contributed by atoms with van der Waals surface area (Å²) in [6.45, 7) is 4.25. The number of carbonyl (C=O) groups is 2. The molecule has 2 amide bonds. The highest BCUT2D eigenvalue weighted by Crippen LogP contribution is 2.33. The normalized spacial score (nSPS) is 10.4. The van der Waals surface area contributed by atoms with Gasteiger partial charge in [-0.15, -0.1) is 0 Å². The van der Waals surface area contributed by atoms with Crippen molar-refractivity contribution in [2.75, 3.05) is 34.1 Å². The highest BCUT2D eigenvalue weighted by Gasteiger charge is 2.12. The van der Waals surface area contributed by atoms with Gasteiger partial charge in [0.15, 0.2) is 0 Å². The summed E-state index contributed by atoms with van der Waals surface area (Å²) < 4.78 is 11.5. The van der Waals surface area contributed by atoms with Crippen LogP contribution in [0.4, 0.5) is 0 Å². The molecule has 0 spiro atoms. The summed E-state index contributed by atoms with van der Waals surface area (Å²) in [4.78, 5) is 24.2. The number of nitrogens with zero attached hydrogens (tertiary/aromatic N) is 1. The minimum absolute atomic E-state index is 0.120. The predicted octanol–water partition coefficient (Wildman–Crippen LogP) is 1.50. The molecule has 7 nitrogen and oxygen atoms in total. The van der Waals surface area contributed by atoms with Gasteiger partial charge in [0.1, 0.15) is 11.5 Å². The zero-order chi connectivity index (χ0) is 18.1. The lowest BCUT2D eigenvalue weighted by Crippen LogP contribution is -2.44. The highest BCUT2D eigenvalue weighted by molar-refractivity contribution is 9.10. The fourth-order valence-corrected chi connectivity index (χ4v) is 2.54. The Bertz CT molecular complexity index is 563. The molecule has 0 heterocycles. The van der Waals surface area contributed by atoms with Crippen molar-refractivity contribution in [2.45, 2.75) is 20.3 Å². The monoisotopic (exact) mass is 401 g/mol. The van der Waals surface area contributed by atoms with Crippen molar-refractivity contribution in [3.63, 3.8) is 0 Å². The molecule has 24 heavy (non-hydrogen) atoms. The van der Waals surface area contributed by atoms with Gasteiger partial charge in [-0.1, -0.05) is 0 Å². The molecule has 1 rings (SSSR count). The van der Waals surface area contributed by atoms with Crippen LogP contribution >= 0.6 is 15.9 Å². The summed E-state index contributed by atoms with van der Waals surface area (Å²) >= 11 is 3.43. The summed E-state index contributed by atoms with van der Waals surface area (Å²) in [5.74, 6) is 1.24. The van der Waals surface area contributed by atoms with Gasteiger partial charge in [0.05, 0.1) is 32.0 Å². The van der Waals surface area contributed by atoms with Gasteiger partial charge >= 0.3 is 0 Å². The van der Waals surface area contributed by atoms with E-state index < -0.39 is 0 Å². The average molecular weight is 402 g/mol. The van der Waals surface area contributed by atoms with Crippen molar-refractivity contribution in [3.05, 3.63) is 22.2 Å². The van der Waals surface area contributed by atoms with E-state index >= 15 is 0 Å². The molecule has 0 aromatic heterocycles. The van der Waals surface area contributed by atoms with Crippen molar-refractivity contribution in [1.29, 1.82) is 0 Å². The molecule has 0 saturated carbocycles. The van der Waals surface area contributed by atoms with Crippen molar-refractivity contribution in [3.8, 4) is 11.5 Å². The van der Waals surface area contributed by atoms with Crippen LogP contribution in [0.3, 0.4) is 0 Å². The summed E-state index contributed by atoms with van der Waals surface area (Å²) in [6.07, 6.45) is 0.673. The first-order valence-electron chi connectivity index (χ1n) is 7.49. The number of halogens is 1. The van der Waals surface area contributed by atoms with Crippen LogP contribution in [0.2, 0.25) is 0 Å². The van der Waals surface area contributed by atoms with Crippen LogP contribution in [0.25, 0.3) is 0 Å². The number of carbonyl (C=O) groups excluding carboxylic acids is 2. The van der Waals surface area contributed by atoms with Gasteiger partial charge < -0.3 is 20.1 Å². The highest BCUT2D eigenvalue weighted by atomic mass is 79.9. The number of methoxy groups -OCH3 is 2. The molecule has 0 fully saturated rings. The zero-order valence-corrected chi connectivity index (χ0v) is 16.0. The molecular weight excluding hydrogens is 378 g/mol. The van der Waals surface area contributed by atoms with Crippen LogP contribution in [0.5, 0.6) is 11.5 Å². The van der Waals surface area contributed by atoms with E-state index in [0.717, 1.165) is 21.5 Å². The minimum atomic E-state index is -0.120. The molecule has 0 unspecified atom stereocenters. The van der Waals surface area contributed by atoms with E-state index in [2.05, 4.69) is 26.6 Å². The first-order chi connectivity index (χ1) is 11.4. The molecular formula is C16H24BrN3O4. The van der Waals surface area contributed by atoms with Crippen LogP contribution in [-0.2, 0) is 16.0 Å². The SMILES string of the molecule is COc1cc(CCN(CNC(C)=O)CNC(C)=O)c(OC)cc1Br.